The van der Waals surface area contributed by atoms with Crippen LogP contribution in [-0.4, -0.2) is 49.6 Å². The van der Waals surface area contributed by atoms with E-state index >= 15 is 0 Å². The summed E-state index contributed by atoms with van der Waals surface area (Å²) in [5, 5.41) is 3.00. The van der Waals surface area contributed by atoms with Crippen molar-refractivity contribution in [2.75, 3.05) is 33.9 Å². The van der Waals surface area contributed by atoms with Gasteiger partial charge in [0.1, 0.15) is 19.0 Å². The first-order valence-corrected chi connectivity index (χ1v) is 8.31. The number of aromatic nitrogens is 1. The second-order valence-electron chi connectivity index (χ2n) is 6.42. The predicted octanol–water partition coefficient (Wildman–Crippen LogP) is 2.19. The minimum atomic E-state index is -0.171. The number of aryl methyl sites for hydroxylation is 1. The number of amides is 1. The fourth-order valence-electron chi connectivity index (χ4n) is 2.63. The van der Waals surface area contributed by atoms with Gasteiger partial charge >= 0.3 is 0 Å². The molecule has 1 amide bonds. The molecular formula is C19H23N3O3. The predicted molar refractivity (Wildman–Crippen MR) is 95.2 cm³/mol. The molecule has 1 aromatic carbocycles. The smallest absolute Gasteiger partial charge is 0.253 e. The van der Waals surface area contributed by atoms with Crippen molar-refractivity contribution in [1.29, 1.82) is 0 Å². The van der Waals surface area contributed by atoms with Gasteiger partial charge in [-0.3, -0.25) is 4.79 Å². The van der Waals surface area contributed by atoms with Crippen LogP contribution in [0.4, 0.5) is 0 Å². The first-order chi connectivity index (χ1) is 12.0. The van der Waals surface area contributed by atoms with Crippen LogP contribution in [0.5, 0.6) is 11.6 Å². The highest BCUT2D eigenvalue weighted by Gasteiger charge is 2.26. The van der Waals surface area contributed by atoms with E-state index in [0.717, 1.165) is 23.4 Å². The average Bonchev–Trinajstić information content (AvgIpc) is 2.97. The summed E-state index contributed by atoms with van der Waals surface area (Å²) >= 11 is 0. The fourth-order valence-corrected chi connectivity index (χ4v) is 2.63. The first kappa shape index (κ1) is 17.2. The molecular weight excluding hydrogens is 318 g/mol. The van der Waals surface area contributed by atoms with Crippen molar-refractivity contribution >= 4 is 5.91 Å². The quantitative estimate of drug-likeness (QED) is 0.873. The van der Waals surface area contributed by atoms with E-state index in [2.05, 4.69) is 10.3 Å². The molecule has 0 fully saturated rings. The van der Waals surface area contributed by atoms with Crippen molar-refractivity contribution in [1.82, 2.24) is 15.2 Å². The summed E-state index contributed by atoms with van der Waals surface area (Å²) in [6, 6.07) is 9.29. The molecule has 0 aliphatic carbocycles. The standard InChI is InChI=1S/C19H23N3O3/c1-13-4-6-17-15(10-13)16(12-25-17)21-19(23)14-5-7-18(20-11-14)24-9-8-22(2)3/h4-7,10-11,16H,8-9,12H2,1-3H3,(H,21,23). The van der Waals surface area contributed by atoms with E-state index in [9.17, 15) is 4.79 Å². The van der Waals surface area contributed by atoms with Crippen LogP contribution in [0.2, 0.25) is 0 Å². The number of hydrogen-bond acceptors (Lipinski definition) is 5. The molecule has 0 saturated carbocycles. The second kappa shape index (κ2) is 7.53. The van der Waals surface area contributed by atoms with E-state index in [1.807, 2.05) is 44.1 Å². The number of hydrogen-bond donors (Lipinski definition) is 1. The zero-order valence-corrected chi connectivity index (χ0v) is 14.8. The van der Waals surface area contributed by atoms with Gasteiger partial charge in [0.15, 0.2) is 0 Å². The largest absolute Gasteiger partial charge is 0.491 e. The molecule has 132 valence electrons. The van der Waals surface area contributed by atoms with Crippen LogP contribution in [0, 0.1) is 6.92 Å². The molecule has 3 rings (SSSR count). The number of likely N-dealkylation sites (N-methyl/N-ethyl adjacent to an activating group) is 1. The Kier molecular flexibility index (Phi) is 5.19. The van der Waals surface area contributed by atoms with Crippen molar-refractivity contribution in [2.24, 2.45) is 0 Å². The third kappa shape index (κ3) is 4.28. The van der Waals surface area contributed by atoms with Gasteiger partial charge in [0.05, 0.1) is 11.6 Å². The Morgan fingerprint density at radius 1 is 1.36 bits per heavy atom. The lowest BCUT2D eigenvalue weighted by Gasteiger charge is -2.13. The van der Waals surface area contributed by atoms with Crippen LogP contribution >= 0.6 is 0 Å². The van der Waals surface area contributed by atoms with Crippen LogP contribution in [0.15, 0.2) is 36.5 Å². The Balaban J connectivity index is 1.60. The summed E-state index contributed by atoms with van der Waals surface area (Å²) in [5.41, 5.74) is 2.66. The lowest BCUT2D eigenvalue weighted by molar-refractivity contribution is 0.0930. The number of nitrogens with zero attached hydrogens (tertiary/aromatic N) is 2. The first-order valence-electron chi connectivity index (χ1n) is 8.31. The van der Waals surface area contributed by atoms with Gasteiger partial charge in [-0.15, -0.1) is 0 Å². The topological polar surface area (TPSA) is 63.7 Å². The van der Waals surface area contributed by atoms with Crippen LogP contribution in [0.1, 0.15) is 27.5 Å². The molecule has 2 aromatic rings. The van der Waals surface area contributed by atoms with Crippen molar-refractivity contribution < 1.29 is 14.3 Å². The lowest BCUT2D eigenvalue weighted by Crippen LogP contribution is -2.29. The van der Waals surface area contributed by atoms with Crippen LogP contribution < -0.4 is 14.8 Å². The van der Waals surface area contributed by atoms with Gasteiger partial charge < -0.3 is 19.7 Å². The van der Waals surface area contributed by atoms with E-state index in [0.29, 0.717) is 24.7 Å². The fraction of sp³-hybridized carbons (Fsp3) is 0.368. The van der Waals surface area contributed by atoms with Crippen molar-refractivity contribution in [3.05, 3.63) is 53.2 Å². The third-order valence-electron chi connectivity index (χ3n) is 4.04. The number of benzene rings is 1. The van der Waals surface area contributed by atoms with Gasteiger partial charge in [-0.2, -0.15) is 0 Å². The average molecular weight is 341 g/mol. The maximum Gasteiger partial charge on any atom is 0.253 e. The van der Waals surface area contributed by atoms with Gasteiger partial charge in [0.25, 0.3) is 5.91 Å². The molecule has 0 saturated heterocycles. The Hall–Kier alpha value is -2.60. The molecule has 1 unspecified atom stereocenters. The molecule has 1 N–H and O–H groups in total. The molecule has 1 aliphatic heterocycles. The molecule has 6 nitrogen and oxygen atoms in total. The molecule has 0 spiro atoms. The van der Waals surface area contributed by atoms with Gasteiger partial charge in [0.2, 0.25) is 5.88 Å². The zero-order valence-electron chi connectivity index (χ0n) is 14.8. The minimum absolute atomic E-state index is 0.140. The second-order valence-corrected chi connectivity index (χ2v) is 6.42. The Morgan fingerprint density at radius 2 is 2.20 bits per heavy atom. The maximum atomic E-state index is 12.5. The highest BCUT2D eigenvalue weighted by Crippen LogP contribution is 2.33. The molecule has 0 radical (unpaired) electrons. The van der Waals surface area contributed by atoms with Gasteiger partial charge in [0, 0.05) is 24.4 Å². The summed E-state index contributed by atoms with van der Waals surface area (Å²) in [4.78, 5) is 18.7. The molecule has 25 heavy (non-hydrogen) atoms. The lowest BCUT2D eigenvalue weighted by atomic mass is 10.1. The SMILES string of the molecule is Cc1ccc2c(c1)C(NC(=O)c1ccc(OCCN(C)C)nc1)CO2. The highest BCUT2D eigenvalue weighted by atomic mass is 16.5. The Morgan fingerprint density at radius 3 is 2.92 bits per heavy atom. The number of ether oxygens (including phenoxy) is 2. The van der Waals surface area contributed by atoms with Crippen LogP contribution in [0.3, 0.4) is 0 Å². The molecule has 6 heteroatoms. The maximum absolute atomic E-state index is 12.5. The van der Waals surface area contributed by atoms with Gasteiger partial charge in [-0.05, 0) is 33.2 Å². The number of fused-ring (bicyclic) bond motifs is 1. The Labute approximate surface area is 147 Å². The van der Waals surface area contributed by atoms with Gasteiger partial charge in [-0.25, -0.2) is 4.98 Å². The normalized spacial score (nSPS) is 15.6. The number of carbonyl (C=O) groups excluding carboxylic acids is 1. The monoisotopic (exact) mass is 341 g/mol. The van der Waals surface area contributed by atoms with E-state index in [1.54, 1.807) is 12.1 Å². The summed E-state index contributed by atoms with van der Waals surface area (Å²) in [7, 11) is 3.97. The highest BCUT2D eigenvalue weighted by molar-refractivity contribution is 5.94. The van der Waals surface area contributed by atoms with Crippen molar-refractivity contribution in [3.63, 3.8) is 0 Å². The van der Waals surface area contributed by atoms with Crippen molar-refractivity contribution in [2.45, 2.75) is 13.0 Å². The van der Waals surface area contributed by atoms with Crippen LogP contribution in [0.25, 0.3) is 0 Å². The number of carbonyl (C=O) groups is 1. The third-order valence-corrected chi connectivity index (χ3v) is 4.04. The summed E-state index contributed by atoms with van der Waals surface area (Å²) in [6.07, 6.45) is 1.54. The molecule has 1 atom stereocenters. The van der Waals surface area contributed by atoms with E-state index < -0.39 is 0 Å². The van der Waals surface area contributed by atoms with E-state index in [1.165, 1.54) is 6.20 Å². The summed E-state index contributed by atoms with van der Waals surface area (Å²) < 4.78 is 11.2. The summed E-state index contributed by atoms with van der Waals surface area (Å²) in [6.45, 7) is 3.84. The Bertz CT molecular complexity index is 744. The molecule has 2 heterocycles. The molecule has 0 bridgehead atoms. The summed E-state index contributed by atoms with van der Waals surface area (Å²) in [5.74, 6) is 1.18. The molecule has 1 aliphatic rings. The zero-order chi connectivity index (χ0) is 17.8. The van der Waals surface area contributed by atoms with Gasteiger partial charge in [-0.1, -0.05) is 17.7 Å². The molecule has 1 aromatic heterocycles. The number of nitrogens with one attached hydrogen (secondary N) is 1. The van der Waals surface area contributed by atoms with Crippen LogP contribution in [-0.2, 0) is 0 Å². The van der Waals surface area contributed by atoms with Crippen molar-refractivity contribution in [3.8, 4) is 11.6 Å². The minimum Gasteiger partial charge on any atom is -0.491 e. The van der Waals surface area contributed by atoms with E-state index in [4.69, 9.17) is 9.47 Å². The number of rotatable bonds is 6. The number of pyridine rings is 1. The van der Waals surface area contributed by atoms with E-state index in [-0.39, 0.29) is 11.9 Å².